The average Bonchev–Trinajstić information content (AvgIpc) is 2.77. The molecular weight excluding hydrogens is 505 g/mol. The van der Waals surface area contributed by atoms with Crippen molar-refractivity contribution in [1.29, 1.82) is 0 Å². The molecule has 1 unspecified atom stereocenters. The van der Waals surface area contributed by atoms with E-state index >= 15 is 0 Å². The molecule has 1 atom stereocenters. The second-order valence-corrected chi connectivity index (χ2v) is 7.61. The molecular formula is C23H40IN5O2. The Labute approximate surface area is 204 Å². The van der Waals surface area contributed by atoms with Crippen molar-refractivity contribution in [2.24, 2.45) is 4.99 Å². The van der Waals surface area contributed by atoms with Gasteiger partial charge in [-0.05, 0) is 57.4 Å². The van der Waals surface area contributed by atoms with Crippen molar-refractivity contribution >= 4 is 35.8 Å². The minimum Gasteiger partial charge on any atom is -0.484 e. The van der Waals surface area contributed by atoms with Crippen LogP contribution in [0.5, 0.6) is 5.75 Å². The highest BCUT2D eigenvalue weighted by Gasteiger charge is 2.19. The molecule has 1 aromatic rings. The Kier molecular flexibility index (Phi) is 14.3. The lowest BCUT2D eigenvalue weighted by Gasteiger charge is -2.35. The summed E-state index contributed by atoms with van der Waals surface area (Å²) in [7, 11) is 0. The molecule has 1 amide bonds. The van der Waals surface area contributed by atoms with Crippen LogP contribution in [0.3, 0.4) is 0 Å². The number of likely N-dealkylation sites (tertiary alicyclic amines) is 1. The summed E-state index contributed by atoms with van der Waals surface area (Å²) < 4.78 is 5.57. The first-order chi connectivity index (χ1) is 14.7. The number of halogens is 1. The van der Waals surface area contributed by atoms with Crippen LogP contribution in [-0.2, 0) is 11.3 Å². The van der Waals surface area contributed by atoms with E-state index < -0.39 is 0 Å². The van der Waals surface area contributed by atoms with E-state index in [0.717, 1.165) is 37.2 Å². The Balaban J connectivity index is 0.00000480. The summed E-state index contributed by atoms with van der Waals surface area (Å²) in [6.07, 6.45) is 5.22. The number of nitrogens with one attached hydrogen (secondary N) is 3. The molecule has 1 fully saturated rings. The van der Waals surface area contributed by atoms with Gasteiger partial charge in [-0.2, -0.15) is 0 Å². The third kappa shape index (κ3) is 10.5. The highest BCUT2D eigenvalue weighted by Crippen LogP contribution is 2.18. The molecule has 3 N–H and O–H groups in total. The SMILES string of the molecule is CCNC(=O)COc1cccc(CN=C(NCC)NCCN2CCCCC2CC)c1.I. The predicted molar refractivity (Wildman–Crippen MR) is 138 cm³/mol. The van der Waals surface area contributed by atoms with Gasteiger partial charge in [0, 0.05) is 32.2 Å². The predicted octanol–water partition coefficient (Wildman–Crippen LogP) is 3.14. The van der Waals surface area contributed by atoms with Gasteiger partial charge in [-0.3, -0.25) is 9.69 Å². The maximum atomic E-state index is 11.6. The molecule has 1 saturated heterocycles. The lowest BCUT2D eigenvalue weighted by Crippen LogP contribution is -2.45. The van der Waals surface area contributed by atoms with Crippen molar-refractivity contribution in [3.05, 3.63) is 29.8 Å². The smallest absolute Gasteiger partial charge is 0.257 e. The summed E-state index contributed by atoms with van der Waals surface area (Å²) in [4.78, 5) is 18.9. The van der Waals surface area contributed by atoms with Crippen LogP contribution < -0.4 is 20.7 Å². The standard InChI is InChI=1S/C23H39N5O2.HI/c1-4-20-11-7-8-14-28(20)15-13-26-23(25-6-3)27-17-19-10-9-12-21(16-19)30-18-22(29)24-5-2;/h9-10,12,16,20H,4-8,11,13-15,17-18H2,1-3H3,(H,24,29)(H2,25,26,27);1H. The molecule has 2 rings (SSSR count). The zero-order chi connectivity index (χ0) is 21.6. The minimum atomic E-state index is -0.112. The second-order valence-electron chi connectivity index (χ2n) is 7.61. The number of nitrogens with zero attached hydrogens (tertiary/aromatic N) is 2. The molecule has 8 heteroatoms. The molecule has 1 aliphatic rings. The fraction of sp³-hybridized carbons (Fsp3) is 0.652. The van der Waals surface area contributed by atoms with E-state index in [9.17, 15) is 4.79 Å². The van der Waals surface area contributed by atoms with Gasteiger partial charge in [0.1, 0.15) is 5.75 Å². The lowest BCUT2D eigenvalue weighted by atomic mass is 10.0. The van der Waals surface area contributed by atoms with Gasteiger partial charge in [0.15, 0.2) is 12.6 Å². The third-order valence-electron chi connectivity index (χ3n) is 5.32. The first-order valence-corrected chi connectivity index (χ1v) is 11.4. The Hall–Kier alpha value is -1.55. The summed E-state index contributed by atoms with van der Waals surface area (Å²) in [6.45, 7) is 11.4. The van der Waals surface area contributed by atoms with Crippen molar-refractivity contribution < 1.29 is 9.53 Å². The molecule has 0 radical (unpaired) electrons. The first kappa shape index (κ1) is 27.5. The molecule has 31 heavy (non-hydrogen) atoms. The molecule has 0 aromatic heterocycles. The molecule has 176 valence electrons. The minimum absolute atomic E-state index is 0. The lowest BCUT2D eigenvalue weighted by molar-refractivity contribution is -0.122. The summed E-state index contributed by atoms with van der Waals surface area (Å²) in [5, 5.41) is 9.51. The van der Waals surface area contributed by atoms with Gasteiger partial charge in [0.05, 0.1) is 6.54 Å². The van der Waals surface area contributed by atoms with E-state index in [1.165, 1.54) is 32.2 Å². The van der Waals surface area contributed by atoms with Gasteiger partial charge < -0.3 is 20.7 Å². The summed E-state index contributed by atoms with van der Waals surface area (Å²) in [6, 6.07) is 8.47. The number of carbonyl (C=O) groups is 1. The number of hydrogen-bond donors (Lipinski definition) is 3. The summed E-state index contributed by atoms with van der Waals surface area (Å²) in [5.41, 5.74) is 1.04. The van der Waals surface area contributed by atoms with Crippen LogP contribution in [0.2, 0.25) is 0 Å². The zero-order valence-corrected chi connectivity index (χ0v) is 21.6. The fourth-order valence-electron chi connectivity index (χ4n) is 3.78. The Bertz CT molecular complexity index is 671. The number of piperidine rings is 1. The fourth-order valence-corrected chi connectivity index (χ4v) is 3.78. The normalized spacial score (nSPS) is 16.9. The van der Waals surface area contributed by atoms with E-state index in [1.807, 2.05) is 31.2 Å². The Morgan fingerprint density at radius 1 is 1.16 bits per heavy atom. The molecule has 0 saturated carbocycles. The van der Waals surface area contributed by atoms with Crippen LogP contribution in [-0.4, -0.2) is 62.1 Å². The monoisotopic (exact) mass is 545 g/mol. The molecule has 1 aromatic carbocycles. The van der Waals surface area contributed by atoms with E-state index in [1.54, 1.807) is 0 Å². The number of guanidine groups is 1. The molecule has 7 nitrogen and oxygen atoms in total. The molecule has 1 aliphatic heterocycles. The van der Waals surface area contributed by atoms with Crippen molar-refractivity contribution in [2.75, 3.05) is 39.3 Å². The van der Waals surface area contributed by atoms with E-state index in [-0.39, 0.29) is 36.5 Å². The van der Waals surface area contributed by atoms with Gasteiger partial charge in [0.2, 0.25) is 0 Å². The topological polar surface area (TPSA) is 78.0 Å². The number of ether oxygens (including phenoxy) is 1. The maximum Gasteiger partial charge on any atom is 0.257 e. The highest BCUT2D eigenvalue weighted by molar-refractivity contribution is 14.0. The quantitative estimate of drug-likeness (QED) is 0.226. The molecule has 1 heterocycles. The first-order valence-electron chi connectivity index (χ1n) is 11.4. The van der Waals surface area contributed by atoms with Crippen molar-refractivity contribution in [3.8, 4) is 5.75 Å². The number of amides is 1. The highest BCUT2D eigenvalue weighted by atomic mass is 127. The van der Waals surface area contributed by atoms with Crippen molar-refractivity contribution in [2.45, 2.75) is 59.0 Å². The van der Waals surface area contributed by atoms with Crippen molar-refractivity contribution in [3.63, 3.8) is 0 Å². The number of rotatable bonds is 11. The second kappa shape index (κ2) is 16.1. The van der Waals surface area contributed by atoms with Crippen LogP contribution >= 0.6 is 24.0 Å². The molecule has 0 bridgehead atoms. The number of carbonyl (C=O) groups excluding carboxylic acids is 1. The summed E-state index contributed by atoms with van der Waals surface area (Å²) in [5.74, 6) is 1.40. The van der Waals surface area contributed by atoms with Crippen LogP contribution in [0.1, 0.15) is 52.0 Å². The van der Waals surface area contributed by atoms with Gasteiger partial charge in [-0.25, -0.2) is 4.99 Å². The number of benzene rings is 1. The average molecular weight is 546 g/mol. The van der Waals surface area contributed by atoms with Crippen molar-refractivity contribution in [1.82, 2.24) is 20.9 Å². The zero-order valence-electron chi connectivity index (χ0n) is 19.3. The number of likely N-dealkylation sites (N-methyl/N-ethyl adjacent to an activating group) is 1. The summed E-state index contributed by atoms with van der Waals surface area (Å²) >= 11 is 0. The van der Waals surface area contributed by atoms with Crippen LogP contribution in [0.15, 0.2) is 29.3 Å². The van der Waals surface area contributed by atoms with Gasteiger partial charge in [0.25, 0.3) is 5.91 Å². The number of hydrogen-bond acceptors (Lipinski definition) is 4. The van der Waals surface area contributed by atoms with Gasteiger partial charge in [-0.1, -0.05) is 25.5 Å². The maximum absolute atomic E-state index is 11.6. The van der Waals surface area contributed by atoms with E-state index in [0.29, 0.717) is 18.8 Å². The third-order valence-corrected chi connectivity index (χ3v) is 5.32. The molecule has 0 spiro atoms. The molecule has 0 aliphatic carbocycles. The van der Waals surface area contributed by atoms with E-state index in [4.69, 9.17) is 9.73 Å². The van der Waals surface area contributed by atoms with Crippen LogP contribution in [0, 0.1) is 0 Å². The van der Waals surface area contributed by atoms with E-state index in [2.05, 4.69) is 34.7 Å². The largest absolute Gasteiger partial charge is 0.484 e. The van der Waals surface area contributed by atoms with Gasteiger partial charge in [-0.15, -0.1) is 24.0 Å². The number of aliphatic imine (C=N–C) groups is 1. The Morgan fingerprint density at radius 3 is 2.71 bits per heavy atom. The Morgan fingerprint density at radius 2 is 1.97 bits per heavy atom. The van der Waals surface area contributed by atoms with Crippen LogP contribution in [0.25, 0.3) is 0 Å². The van der Waals surface area contributed by atoms with Crippen LogP contribution in [0.4, 0.5) is 0 Å². The van der Waals surface area contributed by atoms with Gasteiger partial charge >= 0.3 is 0 Å².